The number of hydrogen-bond donors (Lipinski definition) is 0. The van der Waals surface area contributed by atoms with Gasteiger partial charge >= 0.3 is 0 Å². The molecule has 0 saturated heterocycles. The molecule has 0 aliphatic rings. The zero-order chi connectivity index (χ0) is 19.5. The van der Waals surface area contributed by atoms with Crippen molar-refractivity contribution in [2.24, 2.45) is 0 Å². The molecular weight excluding hydrogens is 387 g/mol. The third kappa shape index (κ3) is 3.82. The van der Waals surface area contributed by atoms with Crippen molar-refractivity contribution in [2.75, 3.05) is 0 Å². The molecule has 0 aliphatic carbocycles. The van der Waals surface area contributed by atoms with Crippen molar-refractivity contribution in [3.63, 3.8) is 0 Å². The number of hydrogen-bond acceptors (Lipinski definition) is 1. The highest BCUT2D eigenvalue weighted by Crippen LogP contribution is 2.27. The van der Waals surface area contributed by atoms with Gasteiger partial charge in [0.15, 0.2) is 0 Å². The Morgan fingerprint density at radius 3 is 2.46 bits per heavy atom. The van der Waals surface area contributed by atoms with Crippen molar-refractivity contribution in [3.05, 3.63) is 106 Å². The predicted octanol–water partition coefficient (Wildman–Crippen LogP) is 7.06. The van der Waals surface area contributed by atoms with Crippen LogP contribution in [0.4, 0.5) is 0 Å². The van der Waals surface area contributed by atoms with E-state index in [1.807, 2.05) is 48.5 Å². The lowest BCUT2D eigenvalue weighted by Gasteiger charge is -2.05. The number of halogens is 2. The second kappa shape index (κ2) is 7.94. The zero-order valence-electron chi connectivity index (χ0n) is 14.9. The smallest absolute Gasteiger partial charge is 0.0998 e. The largest absolute Gasteiger partial charge is 0.342 e. The summed E-state index contributed by atoms with van der Waals surface area (Å²) in [7, 11) is 0. The van der Waals surface area contributed by atoms with Gasteiger partial charge in [0, 0.05) is 39.3 Å². The van der Waals surface area contributed by atoms with Gasteiger partial charge in [-0.2, -0.15) is 5.26 Å². The number of rotatable bonds is 4. The van der Waals surface area contributed by atoms with Crippen molar-refractivity contribution >= 4 is 45.8 Å². The fourth-order valence-corrected chi connectivity index (χ4v) is 3.66. The van der Waals surface area contributed by atoms with Crippen molar-refractivity contribution in [1.29, 1.82) is 5.26 Å². The minimum Gasteiger partial charge on any atom is -0.342 e. The Bertz CT molecular complexity index is 1210. The van der Waals surface area contributed by atoms with E-state index in [0.29, 0.717) is 17.1 Å². The van der Waals surface area contributed by atoms with Crippen LogP contribution in [0, 0.1) is 11.3 Å². The van der Waals surface area contributed by atoms with Gasteiger partial charge in [-0.25, -0.2) is 0 Å². The molecule has 0 spiro atoms. The van der Waals surface area contributed by atoms with Gasteiger partial charge in [0.2, 0.25) is 0 Å². The molecule has 1 aromatic heterocycles. The summed E-state index contributed by atoms with van der Waals surface area (Å²) in [6.07, 6.45) is 4.01. The summed E-state index contributed by atoms with van der Waals surface area (Å²) in [5.74, 6) is 0. The van der Waals surface area contributed by atoms with Crippen molar-refractivity contribution in [1.82, 2.24) is 4.57 Å². The molecule has 4 aromatic rings. The first kappa shape index (κ1) is 18.4. The number of fused-ring (bicyclic) bond motifs is 1. The van der Waals surface area contributed by atoms with Gasteiger partial charge in [0.1, 0.15) is 0 Å². The highest BCUT2D eigenvalue weighted by Gasteiger charge is 2.09. The lowest BCUT2D eigenvalue weighted by molar-refractivity contribution is 0.836. The Morgan fingerprint density at radius 2 is 1.71 bits per heavy atom. The van der Waals surface area contributed by atoms with Crippen LogP contribution in [0.25, 0.3) is 22.6 Å². The molecule has 136 valence electrons. The van der Waals surface area contributed by atoms with Gasteiger partial charge in [-0.1, -0.05) is 65.7 Å². The average molecular weight is 403 g/mol. The average Bonchev–Trinajstić information content (AvgIpc) is 3.04. The molecule has 0 radical (unpaired) electrons. The van der Waals surface area contributed by atoms with Gasteiger partial charge in [-0.3, -0.25) is 0 Å². The van der Waals surface area contributed by atoms with E-state index >= 15 is 0 Å². The zero-order valence-corrected chi connectivity index (χ0v) is 16.5. The maximum Gasteiger partial charge on any atom is 0.0998 e. The minimum atomic E-state index is 0.599. The summed E-state index contributed by atoms with van der Waals surface area (Å²) in [5, 5.41) is 12.2. The number of allylic oxidation sites excluding steroid dienone is 1. The Hall–Kier alpha value is -2.99. The van der Waals surface area contributed by atoms with Gasteiger partial charge in [-0.05, 0) is 47.5 Å². The highest BCUT2D eigenvalue weighted by atomic mass is 35.5. The van der Waals surface area contributed by atoms with E-state index in [-0.39, 0.29) is 0 Å². The van der Waals surface area contributed by atoms with Crippen LogP contribution in [0.15, 0.2) is 79.0 Å². The van der Waals surface area contributed by atoms with Gasteiger partial charge in [-0.15, -0.1) is 0 Å². The molecule has 0 unspecified atom stereocenters. The number of para-hydroxylation sites is 1. The molecule has 4 heteroatoms. The van der Waals surface area contributed by atoms with Crippen molar-refractivity contribution in [2.45, 2.75) is 6.54 Å². The first-order valence-electron chi connectivity index (χ1n) is 8.84. The molecule has 1 heterocycles. The van der Waals surface area contributed by atoms with Crippen LogP contribution in [0.3, 0.4) is 0 Å². The SMILES string of the molecule is N#C/C(=C\c1cn(Cc2cccc(Cl)c2)c2ccccc12)c1ccc(Cl)cc1. The molecule has 2 nitrogen and oxygen atoms in total. The maximum absolute atomic E-state index is 9.68. The minimum absolute atomic E-state index is 0.599. The summed E-state index contributed by atoms with van der Waals surface area (Å²) in [6, 6.07) is 25.7. The van der Waals surface area contributed by atoms with E-state index in [9.17, 15) is 5.26 Å². The molecule has 0 amide bonds. The van der Waals surface area contributed by atoms with Crippen LogP contribution < -0.4 is 0 Å². The first-order valence-corrected chi connectivity index (χ1v) is 9.60. The Balaban J connectivity index is 1.79. The number of nitrogens with zero attached hydrogens (tertiary/aromatic N) is 2. The van der Waals surface area contributed by atoms with Crippen LogP contribution >= 0.6 is 23.2 Å². The summed E-state index contributed by atoms with van der Waals surface area (Å²) >= 11 is 12.1. The molecule has 28 heavy (non-hydrogen) atoms. The van der Waals surface area contributed by atoms with E-state index in [2.05, 4.69) is 35.0 Å². The summed E-state index contributed by atoms with van der Waals surface area (Å²) in [4.78, 5) is 0. The third-order valence-electron chi connectivity index (χ3n) is 4.64. The molecule has 0 aliphatic heterocycles. The van der Waals surface area contributed by atoms with Gasteiger partial charge < -0.3 is 4.57 Å². The highest BCUT2D eigenvalue weighted by molar-refractivity contribution is 6.30. The van der Waals surface area contributed by atoms with E-state index in [0.717, 1.165) is 32.6 Å². The summed E-state index contributed by atoms with van der Waals surface area (Å²) in [6.45, 7) is 0.706. The second-order valence-electron chi connectivity index (χ2n) is 6.54. The molecule has 0 bridgehead atoms. The third-order valence-corrected chi connectivity index (χ3v) is 5.12. The van der Waals surface area contributed by atoms with Crippen LogP contribution in [0.5, 0.6) is 0 Å². The van der Waals surface area contributed by atoms with Crippen molar-refractivity contribution in [3.8, 4) is 6.07 Å². The normalized spacial score (nSPS) is 11.5. The first-order chi connectivity index (χ1) is 13.6. The van der Waals surface area contributed by atoms with Gasteiger partial charge in [0.25, 0.3) is 0 Å². The molecule has 0 atom stereocenters. The number of aromatic nitrogens is 1. The monoisotopic (exact) mass is 402 g/mol. The summed E-state index contributed by atoms with van der Waals surface area (Å²) in [5.41, 5.74) is 4.69. The van der Waals surface area contributed by atoms with E-state index in [1.54, 1.807) is 12.1 Å². The second-order valence-corrected chi connectivity index (χ2v) is 7.41. The molecule has 0 fully saturated rings. The number of benzene rings is 3. The lowest BCUT2D eigenvalue weighted by atomic mass is 10.0. The quantitative estimate of drug-likeness (QED) is 0.335. The van der Waals surface area contributed by atoms with E-state index in [1.165, 1.54) is 0 Å². The standard InChI is InChI=1S/C24H16Cl2N2/c25-21-10-8-18(9-11-21)19(14-27)13-20-16-28(24-7-2-1-6-23(20)24)15-17-4-3-5-22(26)12-17/h1-13,16H,15H2/b19-13+. The molecular formula is C24H16Cl2N2. The van der Waals surface area contributed by atoms with E-state index in [4.69, 9.17) is 23.2 Å². The van der Waals surface area contributed by atoms with E-state index < -0.39 is 0 Å². The molecule has 0 N–H and O–H groups in total. The number of nitriles is 1. The molecule has 3 aromatic carbocycles. The Kier molecular flexibility index (Phi) is 5.21. The predicted molar refractivity (Wildman–Crippen MR) is 117 cm³/mol. The lowest BCUT2D eigenvalue weighted by Crippen LogP contribution is -1.97. The summed E-state index contributed by atoms with van der Waals surface area (Å²) < 4.78 is 2.18. The fourth-order valence-electron chi connectivity index (χ4n) is 3.32. The fraction of sp³-hybridized carbons (Fsp3) is 0.0417. The van der Waals surface area contributed by atoms with Gasteiger partial charge in [0.05, 0.1) is 11.6 Å². The van der Waals surface area contributed by atoms with Crippen LogP contribution in [-0.2, 0) is 6.54 Å². The Labute approximate surface area is 173 Å². The Morgan fingerprint density at radius 1 is 0.929 bits per heavy atom. The topological polar surface area (TPSA) is 28.7 Å². The molecule has 4 rings (SSSR count). The maximum atomic E-state index is 9.68. The van der Waals surface area contributed by atoms with Crippen LogP contribution in [0.1, 0.15) is 16.7 Å². The van der Waals surface area contributed by atoms with Crippen molar-refractivity contribution < 1.29 is 0 Å². The van der Waals surface area contributed by atoms with Crippen LogP contribution in [0.2, 0.25) is 10.0 Å². The van der Waals surface area contributed by atoms with Crippen LogP contribution in [-0.4, -0.2) is 4.57 Å². The molecule has 0 saturated carbocycles.